The summed E-state index contributed by atoms with van der Waals surface area (Å²) in [6, 6.07) is 1.28. The van der Waals surface area contributed by atoms with Gasteiger partial charge < -0.3 is 10.2 Å². The van der Waals surface area contributed by atoms with Crippen molar-refractivity contribution in [1.29, 1.82) is 0 Å². The summed E-state index contributed by atoms with van der Waals surface area (Å²) in [5, 5.41) is 0. The second-order valence-corrected chi connectivity index (χ2v) is 1.73. The average molecular weight is 129 g/mol. The predicted molar refractivity (Wildman–Crippen MR) is 31.4 cm³/mol. The first-order chi connectivity index (χ1) is 4.34. The topological polar surface area (TPSA) is 39.2 Å². The molecule has 0 atom stereocenters. The van der Waals surface area contributed by atoms with E-state index in [1.54, 1.807) is 0 Å². The molecule has 0 aliphatic heterocycles. The summed E-state index contributed by atoms with van der Waals surface area (Å²) in [6.45, 7) is 0.421. The minimum atomic E-state index is -0.305. The number of hydrogen-bond acceptors (Lipinski definition) is 2. The highest BCUT2D eigenvalue weighted by Gasteiger charge is 2.01. The standard InChI is InChI=1S/C6H8FNO/c7-5-2-4-9-6(5)1-3-8/h2,4H,1,3,8H2. The van der Waals surface area contributed by atoms with E-state index in [0.717, 1.165) is 0 Å². The summed E-state index contributed by atoms with van der Waals surface area (Å²) in [7, 11) is 0. The maximum absolute atomic E-state index is 12.4. The lowest BCUT2D eigenvalue weighted by Gasteiger charge is -1.88. The minimum Gasteiger partial charge on any atom is -0.466 e. The van der Waals surface area contributed by atoms with Crippen molar-refractivity contribution in [2.24, 2.45) is 5.73 Å². The summed E-state index contributed by atoms with van der Waals surface area (Å²) in [5.41, 5.74) is 5.16. The van der Waals surface area contributed by atoms with Crippen molar-refractivity contribution in [2.75, 3.05) is 6.54 Å². The van der Waals surface area contributed by atoms with Gasteiger partial charge in [-0.1, -0.05) is 0 Å². The van der Waals surface area contributed by atoms with Crippen molar-refractivity contribution in [1.82, 2.24) is 0 Å². The summed E-state index contributed by atoms with van der Waals surface area (Å²) >= 11 is 0. The van der Waals surface area contributed by atoms with Crippen molar-refractivity contribution in [3.05, 3.63) is 23.9 Å². The van der Waals surface area contributed by atoms with E-state index in [0.29, 0.717) is 18.7 Å². The smallest absolute Gasteiger partial charge is 0.164 e. The predicted octanol–water partition coefficient (Wildman–Crippen LogP) is 0.920. The van der Waals surface area contributed by atoms with Crippen molar-refractivity contribution in [3.63, 3.8) is 0 Å². The van der Waals surface area contributed by atoms with Crippen LogP contribution in [0.5, 0.6) is 0 Å². The molecule has 0 radical (unpaired) electrons. The summed E-state index contributed by atoms with van der Waals surface area (Å²) in [6.07, 6.45) is 1.79. The van der Waals surface area contributed by atoms with Crippen molar-refractivity contribution < 1.29 is 8.81 Å². The minimum absolute atomic E-state index is 0.305. The fraction of sp³-hybridized carbons (Fsp3) is 0.333. The quantitative estimate of drug-likeness (QED) is 0.644. The lowest BCUT2D eigenvalue weighted by atomic mass is 10.3. The molecule has 0 amide bonds. The van der Waals surface area contributed by atoms with Crippen LogP contribution in [-0.4, -0.2) is 6.54 Å². The lowest BCUT2D eigenvalue weighted by molar-refractivity contribution is 0.475. The van der Waals surface area contributed by atoms with Gasteiger partial charge in [-0.3, -0.25) is 0 Å². The fourth-order valence-electron chi connectivity index (χ4n) is 0.635. The molecule has 1 heterocycles. The van der Waals surface area contributed by atoms with E-state index >= 15 is 0 Å². The first kappa shape index (κ1) is 6.29. The van der Waals surface area contributed by atoms with Crippen LogP contribution in [0.3, 0.4) is 0 Å². The third-order valence-corrected chi connectivity index (χ3v) is 1.06. The van der Waals surface area contributed by atoms with Gasteiger partial charge in [-0.25, -0.2) is 4.39 Å². The number of hydrogen-bond donors (Lipinski definition) is 1. The molecule has 3 heteroatoms. The Bertz CT molecular complexity index is 185. The fourth-order valence-corrected chi connectivity index (χ4v) is 0.635. The molecule has 2 N–H and O–H groups in total. The van der Waals surface area contributed by atoms with Crippen LogP contribution in [0.4, 0.5) is 4.39 Å². The molecule has 0 fully saturated rings. The molecule has 0 saturated heterocycles. The van der Waals surface area contributed by atoms with Crippen LogP contribution < -0.4 is 5.73 Å². The molecule has 0 aliphatic rings. The second-order valence-electron chi connectivity index (χ2n) is 1.73. The lowest BCUT2D eigenvalue weighted by Crippen LogP contribution is -2.02. The van der Waals surface area contributed by atoms with Crippen molar-refractivity contribution in [3.8, 4) is 0 Å². The zero-order valence-corrected chi connectivity index (χ0v) is 4.93. The van der Waals surface area contributed by atoms with Gasteiger partial charge in [-0.2, -0.15) is 0 Å². The molecular formula is C6H8FNO. The normalized spacial score (nSPS) is 10.0. The maximum Gasteiger partial charge on any atom is 0.164 e. The zero-order chi connectivity index (χ0) is 6.69. The molecular weight excluding hydrogens is 121 g/mol. The monoisotopic (exact) mass is 129 g/mol. The summed E-state index contributed by atoms with van der Waals surface area (Å²) in [5.74, 6) is 0.0398. The van der Waals surface area contributed by atoms with Gasteiger partial charge in [0.2, 0.25) is 0 Å². The molecule has 0 spiro atoms. The Morgan fingerprint density at radius 3 is 2.89 bits per heavy atom. The Kier molecular flexibility index (Phi) is 1.85. The van der Waals surface area contributed by atoms with Crippen LogP contribution in [-0.2, 0) is 6.42 Å². The van der Waals surface area contributed by atoms with Crippen LogP contribution in [0.1, 0.15) is 5.76 Å². The molecule has 50 valence electrons. The van der Waals surface area contributed by atoms with E-state index in [4.69, 9.17) is 10.2 Å². The summed E-state index contributed by atoms with van der Waals surface area (Å²) in [4.78, 5) is 0. The van der Waals surface area contributed by atoms with E-state index < -0.39 is 0 Å². The first-order valence-electron chi connectivity index (χ1n) is 2.76. The maximum atomic E-state index is 12.4. The number of halogens is 1. The van der Waals surface area contributed by atoms with Crippen LogP contribution in [0.2, 0.25) is 0 Å². The van der Waals surface area contributed by atoms with Crippen molar-refractivity contribution >= 4 is 0 Å². The molecule has 0 aliphatic carbocycles. The Morgan fingerprint density at radius 2 is 2.44 bits per heavy atom. The van der Waals surface area contributed by atoms with Crippen molar-refractivity contribution in [2.45, 2.75) is 6.42 Å². The van der Waals surface area contributed by atoms with Gasteiger partial charge in [0.25, 0.3) is 0 Å². The molecule has 0 bridgehead atoms. The van der Waals surface area contributed by atoms with Gasteiger partial charge in [0.1, 0.15) is 5.76 Å². The van der Waals surface area contributed by atoms with Crippen LogP contribution in [0.15, 0.2) is 16.7 Å². The van der Waals surface area contributed by atoms with Gasteiger partial charge in [0.15, 0.2) is 5.82 Å². The number of rotatable bonds is 2. The molecule has 0 aromatic carbocycles. The third kappa shape index (κ3) is 1.29. The molecule has 1 aromatic rings. The zero-order valence-electron chi connectivity index (χ0n) is 4.93. The second kappa shape index (κ2) is 2.64. The average Bonchev–Trinajstić information content (AvgIpc) is 2.18. The molecule has 1 rings (SSSR count). The first-order valence-corrected chi connectivity index (χ1v) is 2.76. The van der Waals surface area contributed by atoms with Crippen LogP contribution in [0.25, 0.3) is 0 Å². The molecule has 2 nitrogen and oxygen atoms in total. The molecule has 9 heavy (non-hydrogen) atoms. The van der Waals surface area contributed by atoms with E-state index in [1.165, 1.54) is 12.3 Å². The Hall–Kier alpha value is -0.830. The van der Waals surface area contributed by atoms with E-state index in [2.05, 4.69) is 0 Å². The van der Waals surface area contributed by atoms with Crippen LogP contribution >= 0.6 is 0 Å². The van der Waals surface area contributed by atoms with Gasteiger partial charge in [0, 0.05) is 12.5 Å². The van der Waals surface area contributed by atoms with Gasteiger partial charge in [-0.15, -0.1) is 0 Å². The number of furan rings is 1. The molecule has 1 aromatic heterocycles. The highest BCUT2D eigenvalue weighted by Crippen LogP contribution is 2.06. The third-order valence-electron chi connectivity index (χ3n) is 1.06. The van der Waals surface area contributed by atoms with Gasteiger partial charge in [-0.05, 0) is 6.54 Å². The molecule has 0 unspecified atom stereocenters. The molecule has 0 saturated carbocycles. The largest absolute Gasteiger partial charge is 0.466 e. The van der Waals surface area contributed by atoms with E-state index in [9.17, 15) is 4.39 Å². The number of nitrogens with two attached hydrogens (primary N) is 1. The summed E-state index contributed by atoms with van der Waals surface area (Å²) < 4.78 is 17.1. The van der Waals surface area contributed by atoms with Gasteiger partial charge in [0.05, 0.1) is 6.26 Å². The van der Waals surface area contributed by atoms with E-state index in [-0.39, 0.29) is 5.82 Å². The highest BCUT2D eigenvalue weighted by atomic mass is 19.1. The van der Waals surface area contributed by atoms with Gasteiger partial charge >= 0.3 is 0 Å². The Balaban J connectivity index is 2.69. The highest BCUT2D eigenvalue weighted by molar-refractivity contribution is 5.02. The van der Waals surface area contributed by atoms with Crippen LogP contribution in [0, 0.1) is 5.82 Å². The SMILES string of the molecule is NCCc1occc1F. The van der Waals surface area contributed by atoms with E-state index in [1.807, 2.05) is 0 Å². The Labute approximate surface area is 52.5 Å². The Morgan fingerprint density at radius 1 is 1.67 bits per heavy atom.